The molecule has 3 aliphatic heterocycles. The number of carbonyl (C=O) groups excluding carboxylic acids is 1. The average molecular weight is 349 g/mol. The van der Waals surface area contributed by atoms with Gasteiger partial charge in [-0.3, -0.25) is 20.1 Å². The van der Waals surface area contributed by atoms with Crippen LogP contribution in [-0.4, -0.2) is 42.0 Å². The molecule has 5 nitrogen and oxygen atoms in total. The Hall–Kier alpha value is -2.37. The summed E-state index contributed by atoms with van der Waals surface area (Å²) >= 11 is 0. The summed E-state index contributed by atoms with van der Waals surface area (Å²) in [6.07, 6.45) is 1.67. The predicted octanol–water partition coefficient (Wildman–Crippen LogP) is 2.53. The summed E-state index contributed by atoms with van der Waals surface area (Å²) in [7, 11) is 1.81. The first kappa shape index (κ1) is 15.9. The fourth-order valence-electron chi connectivity index (χ4n) is 4.63. The Morgan fingerprint density at radius 3 is 3.00 bits per heavy atom. The number of carbonyl (C=O) groups is 1. The van der Waals surface area contributed by atoms with Crippen LogP contribution in [0, 0.1) is 0 Å². The highest BCUT2D eigenvalue weighted by Crippen LogP contribution is 2.44. The lowest BCUT2D eigenvalue weighted by Gasteiger charge is -2.34. The number of likely N-dealkylation sites (N-methyl/N-ethyl adjacent to an activating group) is 1. The third-order valence-corrected chi connectivity index (χ3v) is 5.98. The molecule has 134 valence electrons. The van der Waals surface area contributed by atoms with Crippen molar-refractivity contribution in [2.24, 2.45) is 0 Å². The molecule has 2 aromatic rings. The second-order valence-corrected chi connectivity index (χ2v) is 7.59. The molecule has 1 spiro atoms. The molecule has 1 N–H and O–H groups in total. The smallest absolute Gasteiger partial charge is 0.258 e. The molecular formula is C21H23N3O2. The van der Waals surface area contributed by atoms with Crippen molar-refractivity contribution in [1.29, 1.82) is 0 Å². The third-order valence-electron chi connectivity index (χ3n) is 5.98. The monoisotopic (exact) mass is 349 g/mol. The van der Waals surface area contributed by atoms with Gasteiger partial charge in [0.25, 0.3) is 5.91 Å². The molecule has 1 saturated heterocycles. The Bertz CT molecular complexity index is 868. The van der Waals surface area contributed by atoms with E-state index in [9.17, 15) is 4.79 Å². The maximum Gasteiger partial charge on any atom is 0.258 e. The lowest BCUT2D eigenvalue weighted by atomic mass is 9.91. The Kier molecular flexibility index (Phi) is 3.55. The van der Waals surface area contributed by atoms with Crippen molar-refractivity contribution in [2.75, 3.05) is 25.6 Å². The van der Waals surface area contributed by atoms with Crippen LogP contribution in [0.5, 0.6) is 0 Å². The molecular weight excluding hydrogens is 326 g/mol. The fraction of sp³-hybridized carbons (Fsp3) is 0.381. The minimum absolute atomic E-state index is 0.111. The maximum absolute atomic E-state index is 13.1. The normalized spacial score (nSPS) is 28.0. The van der Waals surface area contributed by atoms with E-state index in [2.05, 4.69) is 46.7 Å². The molecule has 1 fully saturated rings. The number of hydrazine groups is 1. The summed E-state index contributed by atoms with van der Waals surface area (Å²) in [6.45, 7) is 2.32. The van der Waals surface area contributed by atoms with E-state index < -0.39 is 0 Å². The van der Waals surface area contributed by atoms with Crippen LogP contribution in [0.15, 0.2) is 48.5 Å². The van der Waals surface area contributed by atoms with Gasteiger partial charge in [0, 0.05) is 20.1 Å². The summed E-state index contributed by atoms with van der Waals surface area (Å²) in [4.78, 5) is 15.4. The first-order valence-corrected chi connectivity index (χ1v) is 9.24. The van der Waals surface area contributed by atoms with Crippen molar-refractivity contribution >= 4 is 11.6 Å². The summed E-state index contributed by atoms with van der Waals surface area (Å²) in [5, 5.41) is 1.62. The Morgan fingerprint density at radius 2 is 2.08 bits per heavy atom. The van der Waals surface area contributed by atoms with Gasteiger partial charge in [0.2, 0.25) is 0 Å². The zero-order chi connectivity index (χ0) is 17.7. The van der Waals surface area contributed by atoms with Crippen LogP contribution in [0.25, 0.3) is 0 Å². The molecule has 0 aliphatic carbocycles. The van der Waals surface area contributed by atoms with E-state index in [0.29, 0.717) is 6.61 Å². The highest BCUT2D eigenvalue weighted by atomic mass is 16.5. The van der Waals surface area contributed by atoms with Crippen LogP contribution < -0.4 is 5.43 Å². The SMILES string of the molecule is CN1Nc2cccc(c2)CC(N2CCC3(C2)OCc2ccccc23)C1=O. The zero-order valence-electron chi connectivity index (χ0n) is 14.9. The molecule has 0 saturated carbocycles. The summed E-state index contributed by atoms with van der Waals surface area (Å²) in [5.74, 6) is 0.111. The van der Waals surface area contributed by atoms with Gasteiger partial charge >= 0.3 is 0 Å². The number of likely N-dealkylation sites (tertiary alicyclic amines) is 1. The number of hydrogen-bond donors (Lipinski definition) is 1. The van der Waals surface area contributed by atoms with Gasteiger partial charge in [-0.25, -0.2) is 0 Å². The number of ether oxygens (including phenoxy) is 1. The van der Waals surface area contributed by atoms with Gasteiger partial charge in [0.15, 0.2) is 0 Å². The number of benzene rings is 2. The van der Waals surface area contributed by atoms with Gasteiger partial charge in [-0.05, 0) is 41.7 Å². The van der Waals surface area contributed by atoms with Gasteiger partial charge in [0.1, 0.15) is 5.60 Å². The first-order chi connectivity index (χ1) is 12.6. The molecule has 2 bridgehead atoms. The topological polar surface area (TPSA) is 44.8 Å². The van der Waals surface area contributed by atoms with Crippen molar-refractivity contribution < 1.29 is 9.53 Å². The van der Waals surface area contributed by atoms with Gasteiger partial charge in [-0.1, -0.05) is 36.4 Å². The summed E-state index contributed by atoms with van der Waals surface area (Å²) in [6, 6.07) is 16.6. The van der Waals surface area contributed by atoms with Crippen molar-refractivity contribution in [2.45, 2.75) is 31.1 Å². The first-order valence-electron chi connectivity index (χ1n) is 9.24. The standard InChI is InChI=1S/C21H23N3O2/c1-23-20(25)19(12-15-5-4-7-17(11-15)22-23)24-10-9-21(14-24)18-8-3-2-6-16(18)13-26-21/h2-8,11,19,22H,9-10,12-14H2,1H3. The fourth-order valence-corrected chi connectivity index (χ4v) is 4.63. The number of fused-ring (bicyclic) bond motifs is 4. The lowest BCUT2D eigenvalue weighted by Crippen LogP contribution is -2.51. The second kappa shape index (κ2) is 5.83. The quantitative estimate of drug-likeness (QED) is 0.859. The molecule has 2 unspecified atom stereocenters. The predicted molar refractivity (Wildman–Crippen MR) is 99.4 cm³/mol. The summed E-state index contributed by atoms with van der Waals surface area (Å²) in [5.41, 5.74) is 7.67. The molecule has 1 amide bonds. The van der Waals surface area contributed by atoms with E-state index in [-0.39, 0.29) is 17.6 Å². The van der Waals surface area contributed by atoms with Crippen LogP contribution in [-0.2, 0) is 28.2 Å². The van der Waals surface area contributed by atoms with Crippen molar-refractivity contribution in [1.82, 2.24) is 9.91 Å². The third kappa shape index (κ3) is 2.42. The molecule has 5 heteroatoms. The van der Waals surface area contributed by atoms with Crippen molar-refractivity contribution in [3.8, 4) is 0 Å². The lowest BCUT2D eigenvalue weighted by molar-refractivity contribution is -0.134. The number of nitrogens with one attached hydrogen (secondary N) is 1. The van der Waals surface area contributed by atoms with Gasteiger partial charge in [-0.15, -0.1) is 0 Å². The molecule has 26 heavy (non-hydrogen) atoms. The van der Waals surface area contributed by atoms with E-state index >= 15 is 0 Å². The van der Waals surface area contributed by atoms with Gasteiger partial charge < -0.3 is 4.74 Å². The molecule has 2 aromatic carbocycles. The Labute approximate surface area is 153 Å². The minimum atomic E-state index is -0.257. The molecule has 2 atom stereocenters. The molecule has 5 rings (SSSR count). The van der Waals surface area contributed by atoms with Gasteiger partial charge in [0.05, 0.1) is 18.3 Å². The van der Waals surface area contributed by atoms with E-state index in [4.69, 9.17) is 4.74 Å². The number of nitrogens with zero attached hydrogens (tertiary/aromatic N) is 2. The molecule has 3 aliphatic rings. The summed E-state index contributed by atoms with van der Waals surface area (Å²) < 4.78 is 6.27. The van der Waals surface area contributed by atoms with E-state index in [1.807, 2.05) is 12.1 Å². The minimum Gasteiger partial charge on any atom is -0.364 e. The number of rotatable bonds is 1. The Morgan fingerprint density at radius 1 is 1.19 bits per heavy atom. The molecule has 0 radical (unpaired) electrons. The van der Waals surface area contributed by atoms with Crippen LogP contribution in [0.4, 0.5) is 5.69 Å². The number of amides is 1. The highest BCUT2D eigenvalue weighted by Gasteiger charge is 2.48. The van der Waals surface area contributed by atoms with Crippen LogP contribution >= 0.6 is 0 Å². The van der Waals surface area contributed by atoms with Gasteiger partial charge in [-0.2, -0.15) is 0 Å². The van der Waals surface area contributed by atoms with Crippen molar-refractivity contribution in [3.05, 3.63) is 65.2 Å². The Balaban J connectivity index is 1.45. The van der Waals surface area contributed by atoms with E-state index in [1.165, 1.54) is 16.7 Å². The van der Waals surface area contributed by atoms with Crippen LogP contribution in [0.2, 0.25) is 0 Å². The molecule has 0 aromatic heterocycles. The van der Waals surface area contributed by atoms with Crippen LogP contribution in [0.1, 0.15) is 23.1 Å². The maximum atomic E-state index is 13.1. The van der Waals surface area contributed by atoms with E-state index in [0.717, 1.165) is 31.6 Å². The van der Waals surface area contributed by atoms with Crippen molar-refractivity contribution in [3.63, 3.8) is 0 Å². The van der Waals surface area contributed by atoms with Crippen LogP contribution in [0.3, 0.4) is 0 Å². The largest absolute Gasteiger partial charge is 0.364 e. The molecule has 3 heterocycles. The number of hydrogen-bond acceptors (Lipinski definition) is 4. The highest BCUT2D eigenvalue weighted by molar-refractivity contribution is 5.84. The number of anilines is 1. The second-order valence-electron chi connectivity index (χ2n) is 7.59. The zero-order valence-corrected chi connectivity index (χ0v) is 14.9. The van der Waals surface area contributed by atoms with E-state index in [1.54, 1.807) is 12.1 Å². The average Bonchev–Trinajstić information content (AvgIpc) is 3.24.